The molecule has 0 spiro atoms. The lowest BCUT2D eigenvalue weighted by Crippen LogP contribution is -2.47. The van der Waals surface area contributed by atoms with Gasteiger partial charge in [-0.3, -0.25) is 14.8 Å². The fourth-order valence-electron chi connectivity index (χ4n) is 2.48. The normalized spacial score (nSPS) is 17.8. The zero-order valence-electron chi connectivity index (χ0n) is 11.6. The van der Waals surface area contributed by atoms with Crippen LogP contribution in [0.2, 0.25) is 0 Å². The minimum Gasteiger partial charge on any atom is -0.351 e. The molecule has 3 heterocycles. The van der Waals surface area contributed by atoms with Crippen LogP contribution in [-0.4, -0.2) is 31.7 Å². The van der Waals surface area contributed by atoms with Crippen LogP contribution in [0.1, 0.15) is 22.6 Å². The molecule has 20 heavy (non-hydrogen) atoms. The average molecular weight is 274 g/mol. The number of nitrogens with zero attached hydrogens (tertiary/aromatic N) is 3. The van der Waals surface area contributed by atoms with Gasteiger partial charge < -0.3 is 10.3 Å². The van der Waals surface area contributed by atoms with E-state index in [4.69, 9.17) is 0 Å². The number of nitrogens with one attached hydrogen (secondary N) is 3. The van der Waals surface area contributed by atoms with Crippen molar-refractivity contribution in [3.8, 4) is 0 Å². The summed E-state index contributed by atoms with van der Waals surface area (Å²) in [5.74, 6) is 0.00176. The maximum Gasteiger partial charge on any atom is 0.237 e. The number of H-pyrrole nitrogens is 1. The Morgan fingerprint density at radius 2 is 2.45 bits per heavy atom. The summed E-state index contributed by atoms with van der Waals surface area (Å²) in [5, 5.41) is 10.4. The van der Waals surface area contributed by atoms with Crippen LogP contribution in [0.3, 0.4) is 0 Å². The predicted octanol–water partition coefficient (Wildman–Crippen LogP) is -0.218. The molecule has 106 valence electrons. The molecule has 0 saturated heterocycles. The van der Waals surface area contributed by atoms with Crippen molar-refractivity contribution in [2.24, 2.45) is 7.05 Å². The number of carbonyl (C=O) groups excluding carboxylic acids is 1. The second kappa shape index (κ2) is 5.09. The molecule has 1 aliphatic heterocycles. The summed E-state index contributed by atoms with van der Waals surface area (Å²) in [6, 6.07) is -0.220. The van der Waals surface area contributed by atoms with Crippen LogP contribution in [0, 0.1) is 6.92 Å². The van der Waals surface area contributed by atoms with E-state index in [-0.39, 0.29) is 11.9 Å². The van der Waals surface area contributed by atoms with E-state index < -0.39 is 0 Å². The van der Waals surface area contributed by atoms with Gasteiger partial charge in [0.05, 0.1) is 29.5 Å². The van der Waals surface area contributed by atoms with Gasteiger partial charge in [-0.05, 0) is 6.92 Å². The van der Waals surface area contributed by atoms with Gasteiger partial charge in [-0.15, -0.1) is 0 Å². The number of carbonyl (C=O) groups is 1. The number of hydrogen-bond donors (Lipinski definition) is 3. The average Bonchev–Trinajstić information content (AvgIpc) is 3.01. The number of amides is 1. The smallest absolute Gasteiger partial charge is 0.237 e. The highest BCUT2D eigenvalue weighted by molar-refractivity contribution is 5.82. The minimum absolute atomic E-state index is 0.00176. The Kier molecular flexibility index (Phi) is 3.27. The van der Waals surface area contributed by atoms with Crippen molar-refractivity contribution in [2.45, 2.75) is 32.5 Å². The van der Waals surface area contributed by atoms with E-state index in [1.807, 2.05) is 20.2 Å². The van der Waals surface area contributed by atoms with Gasteiger partial charge in [0.25, 0.3) is 0 Å². The van der Waals surface area contributed by atoms with Crippen molar-refractivity contribution in [3.05, 3.63) is 35.2 Å². The second-order valence-corrected chi connectivity index (χ2v) is 5.10. The van der Waals surface area contributed by atoms with Gasteiger partial charge in [0.15, 0.2) is 0 Å². The van der Waals surface area contributed by atoms with Gasteiger partial charge in [-0.2, -0.15) is 5.10 Å². The summed E-state index contributed by atoms with van der Waals surface area (Å²) in [7, 11) is 1.88. The molecule has 1 amide bonds. The third-order valence-electron chi connectivity index (χ3n) is 3.61. The van der Waals surface area contributed by atoms with E-state index in [2.05, 4.69) is 25.7 Å². The fourth-order valence-corrected chi connectivity index (χ4v) is 2.48. The number of aryl methyl sites for hydroxylation is 2. The predicted molar refractivity (Wildman–Crippen MR) is 72.7 cm³/mol. The van der Waals surface area contributed by atoms with Gasteiger partial charge in [-0.1, -0.05) is 0 Å². The Bertz CT molecular complexity index is 629. The highest BCUT2D eigenvalue weighted by Gasteiger charge is 2.25. The molecule has 3 N–H and O–H groups in total. The second-order valence-electron chi connectivity index (χ2n) is 5.10. The van der Waals surface area contributed by atoms with Crippen molar-refractivity contribution in [2.75, 3.05) is 0 Å². The number of aromatic amines is 1. The number of imidazole rings is 1. The lowest BCUT2D eigenvalue weighted by Gasteiger charge is -2.22. The first-order valence-corrected chi connectivity index (χ1v) is 6.65. The molecule has 0 aliphatic carbocycles. The Morgan fingerprint density at radius 1 is 1.60 bits per heavy atom. The molecule has 2 aromatic rings. The maximum absolute atomic E-state index is 12.2. The van der Waals surface area contributed by atoms with Crippen molar-refractivity contribution < 1.29 is 4.79 Å². The van der Waals surface area contributed by atoms with Crippen molar-refractivity contribution >= 4 is 5.91 Å². The molecule has 0 fully saturated rings. The molecule has 2 aromatic heterocycles. The molecule has 1 atom stereocenters. The number of hydrogen-bond acceptors (Lipinski definition) is 4. The Balaban J connectivity index is 1.59. The molecule has 7 nitrogen and oxygen atoms in total. The first-order chi connectivity index (χ1) is 9.63. The summed E-state index contributed by atoms with van der Waals surface area (Å²) >= 11 is 0. The van der Waals surface area contributed by atoms with Crippen LogP contribution < -0.4 is 10.6 Å². The van der Waals surface area contributed by atoms with E-state index in [9.17, 15) is 4.79 Å². The quantitative estimate of drug-likeness (QED) is 0.722. The highest BCUT2D eigenvalue weighted by atomic mass is 16.2. The van der Waals surface area contributed by atoms with Gasteiger partial charge in [-0.25, -0.2) is 4.98 Å². The van der Waals surface area contributed by atoms with Gasteiger partial charge in [0, 0.05) is 38.3 Å². The van der Waals surface area contributed by atoms with Gasteiger partial charge in [0.1, 0.15) is 0 Å². The number of rotatable bonds is 3. The molecule has 0 saturated carbocycles. The van der Waals surface area contributed by atoms with Crippen LogP contribution in [-0.2, 0) is 31.4 Å². The number of aromatic nitrogens is 4. The highest BCUT2D eigenvalue weighted by Crippen LogP contribution is 2.12. The number of fused-ring (bicyclic) bond motifs is 1. The Hall–Kier alpha value is -2.15. The van der Waals surface area contributed by atoms with Crippen molar-refractivity contribution in [1.82, 2.24) is 30.4 Å². The van der Waals surface area contributed by atoms with Gasteiger partial charge in [0.2, 0.25) is 5.91 Å². The third-order valence-corrected chi connectivity index (χ3v) is 3.61. The molecule has 0 bridgehead atoms. The first-order valence-electron chi connectivity index (χ1n) is 6.65. The van der Waals surface area contributed by atoms with Gasteiger partial charge >= 0.3 is 0 Å². The molecule has 1 aliphatic rings. The molecular formula is C13H18N6O. The van der Waals surface area contributed by atoms with E-state index in [0.29, 0.717) is 19.5 Å². The van der Waals surface area contributed by atoms with Crippen LogP contribution in [0.25, 0.3) is 0 Å². The summed E-state index contributed by atoms with van der Waals surface area (Å²) in [6.07, 6.45) is 4.22. The molecule has 7 heteroatoms. The molecular weight excluding hydrogens is 256 g/mol. The first kappa shape index (κ1) is 12.9. The van der Waals surface area contributed by atoms with E-state index in [1.54, 1.807) is 11.0 Å². The maximum atomic E-state index is 12.2. The lowest BCUT2D eigenvalue weighted by molar-refractivity contribution is -0.123. The topological polar surface area (TPSA) is 87.6 Å². The zero-order chi connectivity index (χ0) is 14.1. The lowest BCUT2D eigenvalue weighted by atomic mass is 10.0. The van der Waals surface area contributed by atoms with E-state index in [0.717, 1.165) is 22.6 Å². The summed E-state index contributed by atoms with van der Waals surface area (Å²) < 4.78 is 1.76. The fraction of sp³-hybridized carbons (Fsp3) is 0.462. The third kappa shape index (κ3) is 2.44. The van der Waals surface area contributed by atoms with Crippen molar-refractivity contribution in [3.63, 3.8) is 0 Å². The standard InChI is InChI=1S/C13H18N6O/c1-8-9(6-19(2)18-8)4-15-13(20)11-3-10-12(5-14-11)17-7-16-10/h6-7,11,14H,3-5H2,1-2H3,(H,15,20)(H,16,17). The molecule has 0 aromatic carbocycles. The van der Waals surface area contributed by atoms with Crippen LogP contribution >= 0.6 is 0 Å². The van der Waals surface area contributed by atoms with Crippen LogP contribution in [0.4, 0.5) is 0 Å². The van der Waals surface area contributed by atoms with Crippen molar-refractivity contribution in [1.29, 1.82) is 0 Å². The SMILES string of the molecule is Cc1nn(C)cc1CNC(=O)C1Cc2nc[nH]c2CN1. The molecule has 0 radical (unpaired) electrons. The zero-order valence-corrected chi connectivity index (χ0v) is 11.6. The Morgan fingerprint density at radius 3 is 3.20 bits per heavy atom. The summed E-state index contributed by atoms with van der Waals surface area (Å²) in [5.41, 5.74) is 4.02. The molecule has 3 rings (SSSR count). The summed E-state index contributed by atoms with van der Waals surface area (Å²) in [6.45, 7) is 3.10. The van der Waals surface area contributed by atoms with Crippen LogP contribution in [0.5, 0.6) is 0 Å². The largest absolute Gasteiger partial charge is 0.351 e. The van der Waals surface area contributed by atoms with Crippen LogP contribution in [0.15, 0.2) is 12.5 Å². The Labute approximate surface area is 116 Å². The van der Waals surface area contributed by atoms with E-state index in [1.165, 1.54) is 0 Å². The van der Waals surface area contributed by atoms with E-state index >= 15 is 0 Å². The summed E-state index contributed by atoms with van der Waals surface area (Å²) in [4.78, 5) is 19.5. The molecule has 1 unspecified atom stereocenters. The minimum atomic E-state index is -0.220. The monoisotopic (exact) mass is 274 g/mol.